The maximum Gasteiger partial charge on any atom is 0.167 e. The van der Waals surface area contributed by atoms with Crippen LogP contribution in [0.2, 0.25) is 0 Å². The van der Waals surface area contributed by atoms with Crippen LogP contribution < -0.4 is 5.73 Å². The smallest absolute Gasteiger partial charge is 0.167 e. The van der Waals surface area contributed by atoms with E-state index < -0.39 is 0 Å². The van der Waals surface area contributed by atoms with Gasteiger partial charge in [-0.2, -0.15) is 0 Å². The number of hydrogen-bond acceptors (Lipinski definition) is 3. The van der Waals surface area contributed by atoms with Gasteiger partial charge in [-0.05, 0) is 65.4 Å². The van der Waals surface area contributed by atoms with Crippen molar-refractivity contribution >= 4 is 21.7 Å². The molecule has 0 atom stereocenters. The first-order valence-corrected chi connectivity index (χ1v) is 7.21. The summed E-state index contributed by atoms with van der Waals surface area (Å²) in [6, 6.07) is 1.86. The van der Waals surface area contributed by atoms with Crippen LogP contribution in [0.5, 0.6) is 5.75 Å². The molecule has 98 valence electrons. The lowest BCUT2D eigenvalue weighted by Crippen LogP contribution is -2.09. The van der Waals surface area contributed by atoms with Crippen LogP contribution in [0.15, 0.2) is 10.5 Å². The van der Waals surface area contributed by atoms with Crippen molar-refractivity contribution < 1.29 is 9.90 Å². The monoisotopic (exact) mass is 311 g/mol. The predicted molar refractivity (Wildman–Crippen MR) is 75.1 cm³/mol. The summed E-state index contributed by atoms with van der Waals surface area (Å²) in [6.07, 6.45) is 5.72. The zero-order chi connectivity index (χ0) is 13.1. The fraction of sp³-hybridized carbons (Fsp3) is 0.500. The summed E-state index contributed by atoms with van der Waals surface area (Å²) in [7, 11) is 0. The average Bonchev–Trinajstić information content (AvgIpc) is 2.59. The lowest BCUT2D eigenvalue weighted by Gasteiger charge is -2.13. The van der Waals surface area contributed by atoms with Gasteiger partial charge < -0.3 is 10.8 Å². The Morgan fingerprint density at radius 1 is 1.33 bits per heavy atom. The van der Waals surface area contributed by atoms with Crippen molar-refractivity contribution in [3.8, 4) is 5.75 Å². The Bertz CT molecular complexity index is 471. The predicted octanol–water partition coefficient (Wildman–Crippen LogP) is 2.96. The minimum atomic E-state index is -0.0808. The number of nitrogens with two attached hydrogens (primary N) is 1. The first-order chi connectivity index (χ1) is 8.65. The number of rotatable bonds is 3. The van der Waals surface area contributed by atoms with Crippen LogP contribution in [-0.2, 0) is 12.8 Å². The highest BCUT2D eigenvalue weighted by atomic mass is 79.9. The Morgan fingerprint density at radius 3 is 2.78 bits per heavy atom. The maximum absolute atomic E-state index is 11.9. The van der Waals surface area contributed by atoms with Gasteiger partial charge in [-0.15, -0.1) is 0 Å². The van der Waals surface area contributed by atoms with Gasteiger partial charge in [-0.25, -0.2) is 0 Å². The minimum absolute atomic E-state index is 0.0779. The second kappa shape index (κ2) is 5.85. The highest BCUT2D eigenvalue weighted by molar-refractivity contribution is 9.10. The van der Waals surface area contributed by atoms with Crippen molar-refractivity contribution in [3.05, 3.63) is 27.2 Å². The third kappa shape index (κ3) is 2.59. The average molecular weight is 312 g/mol. The standard InChI is InChI=1S/C14H18BrNO2/c15-13-10-5-3-1-2-4-9(10)8-11(14(13)18)12(17)6-7-16/h8,18H,1-7,16H2. The zero-order valence-electron chi connectivity index (χ0n) is 10.3. The van der Waals surface area contributed by atoms with Crippen LogP contribution in [-0.4, -0.2) is 17.4 Å². The molecule has 3 nitrogen and oxygen atoms in total. The molecule has 0 saturated carbocycles. The Labute approximate surface area is 116 Å². The molecule has 2 rings (SSSR count). The molecule has 1 aliphatic carbocycles. The second-order valence-electron chi connectivity index (χ2n) is 4.75. The van der Waals surface area contributed by atoms with Gasteiger partial charge in [-0.3, -0.25) is 4.79 Å². The molecule has 0 radical (unpaired) electrons. The van der Waals surface area contributed by atoms with E-state index >= 15 is 0 Å². The van der Waals surface area contributed by atoms with Crippen molar-refractivity contribution in [2.45, 2.75) is 38.5 Å². The summed E-state index contributed by atoms with van der Waals surface area (Å²) >= 11 is 3.44. The number of fused-ring (bicyclic) bond motifs is 1. The molecule has 0 aliphatic heterocycles. The fourth-order valence-corrected chi connectivity index (χ4v) is 3.16. The summed E-state index contributed by atoms with van der Waals surface area (Å²) < 4.78 is 0.697. The third-order valence-electron chi connectivity index (χ3n) is 3.48. The number of benzene rings is 1. The van der Waals surface area contributed by atoms with E-state index in [1.165, 1.54) is 12.0 Å². The zero-order valence-corrected chi connectivity index (χ0v) is 11.9. The van der Waals surface area contributed by atoms with Gasteiger partial charge in [0.25, 0.3) is 0 Å². The van der Waals surface area contributed by atoms with Crippen molar-refractivity contribution in [1.29, 1.82) is 0 Å². The fourth-order valence-electron chi connectivity index (χ4n) is 2.50. The molecule has 0 unspecified atom stereocenters. The SMILES string of the molecule is NCCC(=O)c1cc2c(c(Br)c1O)CCCCC2. The van der Waals surface area contributed by atoms with Crippen LogP contribution in [0.1, 0.15) is 47.2 Å². The van der Waals surface area contributed by atoms with Crippen LogP contribution in [0.4, 0.5) is 0 Å². The summed E-state index contributed by atoms with van der Waals surface area (Å²) in [5.41, 5.74) is 8.17. The number of halogens is 1. The van der Waals surface area contributed by atoms with E-state index in [-0.39, 0.29) is 18.0 Å². The molecule has 0 bridgehead atoms. The summed E-state index contributed by atoms with van der Waals surface area (Å²) in [5.74, 6) is -0.00292. The molecule has 0 amide bonds. The molecule has 18 heavy (non-hydrogen) atoms. The maximum atomic E-state index is 11.9. The van der Waals surface area contributed by atoms with E-state index in [1.807, 2.05) is 6.07 Å². The van der Waals surface area contributed by atoms with Gasteiger partial charge in [-0.1, -0.05) is 6.42 Å². The number of hydrogen-bond donors (Lipinski definition) is 2. The van der Waals surface area contributed by atoms with Crippen LogP contribution in [0.3, 0.4) is 0 Å². The van der Waals surface area contributed by atoms with E-state index in [2.05, 4.69) is 15.9 Å². The summed E-state index contributed by atoms with van der Waals surface area (Å²) in [6.45, 7) is 0.312. The number of carbonyl (C=O) groups is 1. The third-order valence-corrected chi connectivity index (χ3v) is 4.33. The number of aromatic hydroxyl groups is 1. The lowest BCUT2D eigenvalue weighted by atomic mass is 9.96. The molecule has 0 fully saturated rings. The van der Waals surface area contributed by atoms with Crippen LogP contribution >= 0.6 is 15.9 Å². The Hall–Kier alpha value is -0.870. The van der Waals surface area contributed by atoms with Gasteiger partial charge >= 0.3 is 0 Å². The number of ketones is 1. The van der Waals surface area contributed by atoms with Crippen molar-refractivity contribution in [2.24, 2.45) is 5.73 Å². The van der Waals surface area contributed by atoms with E-state index in [1.54, 1.807) is 0 Å². The molecule has 0 heterocycles. The Balaban J connectivity index is 2.47. The van der Waals surface area contributed by atoms with Crippen LogP contribution in [0.25, 0.3) is 0 Å². The van der Waals surface area contributed by atoms with E-state index in [0.29, 0.717) is 16.6 Å². The highest BCUT2D eigenvalue weighted by Crippen LogP contribution is 2.37. The molecule has 4 heteroatoms. The lowest BCUT2D eigenvalue weighted by molar-refractivity contribution is 0.0982. The molecule has 3 N–H and O–H groups in total. The van der Waals surface area contributed by atoms with Crippen molar-refractivity contribution in [3.63, 3.8) is 0 Å². The molecule has 0 saturated heterocycles. The quantitative estimate of drug-likeness (QED) is 0.666. The minimum Gasteiger partial charge on any atom is -0.506 e. The number of Topliss-reactive ketones (excluding diaryl/α,β-unsaturated/α-hetero) is 1. The molecule has 0 aromatic heterocycles. The second-order valence-corrected chi connectivity index (χ2v) is 5.54. The molecule has 1 aromatic rings. The highest BCUT2D eigenvalue weighted by Gasteiger charge is 2.20. The van der Waals surface area contributed by atoms with Gasteiger partial charge in [0.15, 0.2) is 5.78 Å². The first kappa shape index (κ1) is 13.6. The Morgan fingerprint density at radius 2 is 2.06 bits per heavy atom. The molecule has 1 aromatic carbocycles. The van der Waals surface area contributed by atoms with E-state index in [9.17, 15) is 9.90 Å². The molecular weight excluding hydrogens is 294 g/mol. The van der Waals surface area contributed by atoms with E-state index in [0.717, 1.165) is 31.2 Å². The summed E-state index contributed by atoms with van der Waals surface area (Å²) in [4.78, 5) is 11.9. The normalized spacial score (nSPS) is 15.0. The van der Waals surface area contributed by atoms with E-state index in [4.69, 9.17) is 5.73 Å². The number of phenolic OH excluding ortho intramolecular Hbond substituents is 1. The summed E-state index contributed by atoms with van der Waals surface area (Å²) in [5, 5.41) is 10.1. The van der Waals surface area contributed by atoms with Gasteiger partial charge in [0.05, 0.1) is 10.0 Å². The number of phenols is 1. The number of aryl methyl sites for hydroxylation is 1. The largest absolute Gasteiger partial charge is 0.506 e. The van der Waals surface area contributed by atoms with Crippen LogP contribution in [0, 0.1) is 0 Å². The molecular formula is C14H18BrNO2. The Kier molecular flexibility index (Phi) is 4.40. The number of carbonyl (C=O) groups excluding carboxylic acids is 1. The van der Waals surface area contributed by atoms with Crippen molar-refractivity contribution in [1.82, 2.24) is 0 Å². The van der Waals surface area contributed by atoms with Gasteiger partial charge in [0.1, 0.15) is 5.75 Å². The molecule has 1 aliphatic rings. The van der Waals surface area contributed by atoms with Gasteiger partial charge in [0.2, 0.25) is 0 Å². The molecule has 0 spiro atoms. The van der Waals surface area contributed by atoms with Crippen molar-refractivity contribution in [2.75, 3.05) is 6.54 Å². The van der Waals surface area contributed by atoms with Gasteiger partial charge in [0, 0.05) is 6.42 Å². The first-order valence-electron chi connectivity index (χ1n) is 6.41. The topological polar surface area (TPSA) is 63.3 Å².